The third-order valence-corrected chi connectivity index (χ3v) is 2.91. The molecule has 1 atom stereocenters. The Kier molecular flexibility index (Phi) is 3.69. The number of ether oxygens (including phenoxy) is 1. The van der Waals surface area contributed by atoms with Crippen LogP contribution in [0.3, 0.4) is 0 Å². The van der Waals surface area contributed by atoms with E-state index in [1.54, 1.807) is 13.2 Å². The van der Waals surface area contributed by atoms with Crippen molar-refractivity contribution in [3.05, 3.63) is 28.8 Å². The Hall–Kier alpha value is -2.11. The van der Waals surface area contributed by atoms with Crippen molar-refractivity contribution in [2.45, 2.75) is 33.7 Å². The number of methoxy groups -OCH3 is 1. The zero-order chi connectivity index (χ0) is 14.0. The topological polar surface area (TPSA) is 73.1 Å². The van der Waals surface area contributed by atoms with E-state index in [9.17, 15) is 0 Å². The van der Waals surface area contributed by atoms with Crippen molar-refractivity contribution in [2.24, 2.45) is 0 Å². The van der Waals surface area contributed by atoms with E-state index in [4.69, 9.17) is 9.26 Å². The maximum absolute atomic E-state index is 5.17. The Balaban J connectivity index is 2.24. The maximum Gasteiger partial charge on any atom is 0.226 e. The van der Waals surface area contributed by atoms with Gasteiger partial charge in [0.05, 0.1) is 18.8 Å². The fourth-order valence-corrected chi connectivity index (χ4v) is 2.08. The highest BCUT2D eigenvalue weighted by Gasteiger charge is 2.17. The summed E-state index contributed by atoms with van der Waals surface area (Å²) in [6.07, 6.45) is 0. The van der Waals surface area contributed by atoms with Crippen LogP contribution >= 0.6 is 0 Å². The van der Waals surface area contributed by atoms with Crippen LogP contribution in [-0.2, 0) is 0 Å². The van der Waals surface area contributed by atoms with Gasteiger partial charge in [-0.2, -0.15) is 4.98 Å². The lowest BCUT2D eigenvalue weighted by Gasteiger charge is -2.14. The molecule has 0 amide bonds. The van der Waals surface area contributed by atoms with Crippen LogP contribution in [0.5, 0.6) is 5.88 Å². The first-order chi connectivity index (χ1) is 9.01. The lowest BCUT2D eigenvalue weighted by Crippen LogP contribution is -2.11. The smallest absolute Gasteiger partial charge is 0.226 e. The average Bonchev–Trinajstić information content (AvgIpc) is 2.68. The van der Waals surface area contributed by atoms with Crippen LogP contribution in [0.25, 0.3) is 0 Å². The molecule has 6 nitrogen and oxygen atoms in total. The van der Waals surface area contributed by atoms with Crippen LogP contribution in [-0.4, -0.2) is 22.2 Å². The normalized spacial score (nSPS) is 12.3. The Morgan fingerprint density at radius 3 is 2.58 bits per heavy atom. The number of anilines is 1. The molecule has 0 aromatic carbocycles. The molecular formula is C13H18N4O2. The molecule has 0 aliphatic heterocycles. The molecule has 102 valence electrons. The molecule has 0 aliphatic rings. The van der Waals surface area contributed by atoms with Crippen molar-refractivity contribution in [3.63, 3.8) is 0 Å². The second kappa shape index (κ2) is 5.26. The van der Waals surface area contributed by atoms with Crippen LogP contribution in [0.2, 0.25) is 0 Å². The lowest BCUT2D eigenvalue weighted by atomic mass is 10.1. The predicted molar refractivity (Wildman–Crippen MR) is 71.3 cm³/mol. The van der Waals surface area contributed by atoms with Gasteiger partial charge >= 0.3 is 0 Å². The molecule has 0 spiro atoms. The molecule has 1 N–H and O–H groups in total. The summed E-state index contributed by atoms with van der Waals surface area (Å²) in [6.45, 7) is 7.73. The van der Waals surface area contributed by atoms with Crippen molar-refractivity contribution in [1.29, 1.82) is 0 Å². The molecule has 2 heterocycles. The molecule has 0 bridgehead atoms. The molecule has 0 saturated heterocycles. The molecular weight excluding hydrogens is 244 g/mol. The average molecular weight is 262 g/mol. The van der Waals surface area contributed by atoms with Gasteiger partial charge in [-0.25, -0.2) is 4.98 Å². The molecule has 0 saturated carbocycles. The predicted octanol–water partition coefficient (Wildman–Crippen LogP) is 2.57. The van der Waals surface area contributed by atoms with E-state index in [-0.39, 0.29) is 6.04 Å². The quantitative estimate of drug-likeness (QED) is 0.913. The molecule has 2 aromatic rings. The van der Waals surface area contributed by atoms with Crippen LogP contribution in [0.1, 0.15) is 35.7 Å². The largest absolute Gasteiger partial charge is 0.481 e. The number of aromatic nitrogens is 3. The van der Waals surface area contributed by atoms with Gasteiger partial charge in [-0.05, 0) is 27.7 Å². The Morgan fingerprint density at radius 1 is 1.26 bits per heavy atom. The summed E-state index contributed by atoms with van der Waals surface area (Å²) < 4.78 is 10.3. The summed E-state index contributed by atoms with van der Waals surface area (Å²) >= 11 is 0. The third-order valence-electron chi connectivity index (χ3n) is 2.91. The minimum absolute atomic E-state index is 0.0118. The summed E-state index contributed by atoms with van der Waals surface area (Å²) in [5.41, 5.74) is 2.75. The van der Waals surface area contributed by atoms with E-state index in [1.807, 2.05) is 27.7 Å². The number of rotatable bonds is 4. The van der Waals surface area contributed by atoms with Crippen LogP contribution in [0, 0.1) is 20.8 Å². The summed E-state index contributed by atoms with van der Waals surface area (Å²) in [7, 11) is 1.59. The van der Waals surface area contributed by atoms with E-state index in [1.165, 1.54) is 0 Å². The van der Waals surface area contributed by atoms with Gasteiger partial charge in [0.15, 0.2) is 0 Å². The molecule has 0 aliphatic carbocycles. The number of hydrogen-bond acceptors (Lipinski definition) is 6. The lowest BCUT2D eigenvalue weighted by molar-refractivity contribution is 0.391. The van der Waals surface area contributed by atoms with Gasteiger partial charge < -0.3 is 14.6 Å². The van der Waals surface area contributed by atoms with E-state index in [2.05, 4.69) is 20.4 Å². The standard InChI is InChI=1S/C13H18N4O2/c1-7-6-11(18-5)16-13(14-7)15-8(2)12-9(3)17-19-10(12)4/h6,8H,1-5H3,(H,14,15,16). The fourth-order valence-electron chi connectivity index (χ4n) is 2.08. The van der Waals surface area contributed by atoms with Crippen LogP contribution in [0.4, 0.5) is 5.95 Å². The molecule has 0 fully saturated rings. The second-order valence-corrected chi connectivity index (χ2v) is 4.48. The van der Waals surface area contributed by atoms with E-state index in [0.717, 1.165) is 22.7 Å². The molecule has 19 heavy (non-hydrogen) atoms. The van der Waals surface area contributed by atoms with Gasteiger partial charge in [0.1, 0.15) is 5.76 Å². The first-order valence-corrected chi connectivity index (χ1v) is 6.10. The minimum atomic E-state index is 0.0118. The highest BCUT2D eigenvalue weighted by Crippen LogP contribution is 2.24. The highest BCUT2D eigenvalue weighted by atomic mass is 16.5. The Labute approximate surface area is 112 Å². The Morgan fingerprint density at radius 2 is 2.00 bits per heavy atom. The second-order valence-electron chi connectivity index (χ2n) is 4.48. The number of nitrogens with one attached hydrogen (secondary N) is 1. The summed E-state index contributed by atoms with van der Waals surface area (Å²) in [5, 5.41) is 7.19. The summed E-state index contributed by atoms with van der Waals surface area (Å²) in [6, 6.07) is 1.80. The molecule has 2 rings (SSSR count). The Bertz CT molecular complexity index is 561. The van der Waals surface area contributed by atoms with E-state index >= 15 is 0 Å². The summed E-state index contributed by atoms with van der Waals surface area (Å²) in [4.78, 5) is 8.60. The van der Waals surface area contributed by atoms with Crippen molar-refractivity contribution >= 4 is 5.95 Å². The van der Waals surface area contributed by atoms with Gasteiger partial charge in [0.2, 0.25) is 11.8 Å². The number of nitrogens with zero attached hydrogens (tertiary/aromatic N) is 3. The first kappa shape index (κ1) is 13.3. The summed E-state index contributed by atoms with van der Waals surface area (Å²) in [5.74, 6) is 1.88. The van der Waals surface area contributed by atoms with Gasteiger partial charge in [-0.15, -0.1) is 0 Å². The van der Waals surface area contributed by atoms with Crippen molar-refractivity contribution in [3.8, 4) is 5.88 Å². The monoisotopic (exact) mass is 262 g/mol. The van der Waals surface area contributed by atoms with Gasteiger partial charge in [0.25, 0.3) is 0 Å². The minimum Gasteiger partial charge on any atom is -0.481 e. The molecule has 0 radical (unpaired) electrons. The maximum atomic E-state index is 5.17. The van der Waals surface area contributed by atoms with Crippen molar-refractivity contribution in [2.75, 3.05) is 12.4 Å². The molecule has 2 aromatic heterocycles. The van der Waals surface area contributed by atoms with Gasteiger partial charge in [-0.1, -0.05) is 5.16 Å². The van der Waals surface area contributed by atoms with Gasteiger partial charge in [0, 0.05) is 17.3 Å². The molecule has 6 heteroatoms. The van der Waals surface area contributed by atoms with Crippen molar-refractivity contribution in [1.82, 2.24) is 15.1 Å². The van der Waals surface area contributed by atoms with Gasteiger partial charge in [-0.3, -0.25) is 0 Å². The number of hydrogen-bond donors (Lipinski definition) is 1. The number of aryl methyl sites for hydroxylation is 3. The van der Waals surface area contributed by atoms with Crippen molar-refractivity contribution < 1.29 is 9.26 Å². The first-order valence-electron chi connectivity index (χ1n) is 6.10. The zero-order valence-electron chi connectivity index (χ0n) is 11.8. The third kappa shape index (κ3) is 2.83. The van der Waals surface area contributed by atoms with E-state index in [0.29, 0.717) is 11.8 Å². The fraction of sp³-hybridized carbons (Fsp3) is 0.462. The van der Waals surface area contributed by atoms with Crippen LogP contribution < -0.4 is 10.1 Å². The zero-order valence-corrected chi connectivity index (χ0v) is 11.8. The SMILES string of the molecule is COc1cc(C)nc(NC(C)c2c(C)noc2C)n1. The van der Waals surface area contributed by atoms with Crippen LogP contribution in [0.15, 0.2) is 10.6 Å². The molecule has 1 unspecified atom stereocenters. The highest BCUT2D eigenvalue weighted by molar-refractivity contribution is 5.36. The van der Waals surface area contributed by atoms with E-state index < -0.39 is 0 Å².